The van der Waals surface area contributed by atoms with Gasteiger partial charge in [0.15, 0.2) is 5.95 Å². The summed E-state index contributed by atoms with van der Waals surface area (Å²) in [5.74, 6) is 0.190. The number of para-hydroxylation sites is 1. The maximum atomic E-state index is 15.9. The number of fused-ring (bicyclic) bond motifs is 1. The second-order valence-corrected chi connectivity index (χ2v) is 18.0. The molecule has 0 spiro atoms. The van der Waals surface area contributed by atoms with Gasteiger partial charge >= 0.3 is 6.09 Å². The number of carbonyl (C=O) groups is 2. The Labute approximate surface area is 372 Å². The standard InChI is InChI=1S/C42H43N11O10S2/c1-61-28-13-7-25(8-14-28)22-52(23-26-9-15-29(62-2)16-10-26)65(59,60)38-35(64(57,58)45-21-34(39(43)54)47-42(55)56)20-19-31(32-5-4-6-33-37(32)48-41(44)46-33)36(38)40-49-51-53(50-40)24-27-11-17-30(63-3)18-12-27/h4-20,34,45,47H,21-24H2,1-3H3,(H2,43,54)(H,55,56)(H3,44,46,48). The molecule has 0 radical (unpaired) electrons. The number of primary amides is 1. The second-order valence-electron chi connectivity index (χ2n) is 14.4. The lowest BCUT2D eigenvalue weighted by molar-refractivity contribution is -0.119. The van der Waals surface area contributed by atoms with Crippen LogP contribution in [0.15, 0.2) is 113 Å². The lowest BCUT2D eigenvalue weighted by atomic mass is 9.98. The third kappa shape index (κ3) is 10.1. The van der Waals surface area contributed by atoms with Crippen LogP contribution >= 0.6 is 0 Å². The van der Waals surface area contributed by atoms with E-state index in [1.54, 1.807) is 91.0 Å². The number of ether oxygens (including phenoxy) is 3. The van der Waals surface area contributed by atoms with Gasteiger partial charge in [0.05, 0.1) is 44.5 Å². The van der Waals surface area contributed by atoms with E-state index < -0.39 is 54.4 Å². The summed E-state index contributed by atoms with van der Waals surface area (Å²) in [7, 11) is -5.57. The number of aromatic amines is 1. The highest BCUT2D eigenvalue weighted by Crippen LogP contribution is 2.43. The highest BCUT2D eigenvalue weighted by Gasteiger charge is 2.38. The SMILES string of the molecule is COc1ccc(CN(Cc2ccc(OC)cc2)S(=O)(=O)c2c(S(=O)(=O)NCC(NC(=O)O)C(N)=O)ccc(-c3cccc4[nH]c(N)nc34)c2-c2nnn(Cc3ccc(OC)cc3)n2)cc1. The van der Waals surface area contributed by atoms with Gasteiger partial charge in [0.1, 0.15) is 33.1 Å². The minimum absolute atomic E-state index is 0.0536. The van der Waals surface area contributed by atoms with Crippen molar-refractivity contribution >= 4 is 49.0 Å². The Morgan fingerprint density at radius 1 is 0.800 bits per heavy atom. The highest BCUT2D eigenvalue weighted by molar-refractivity contribution is 7.92. The van der Waals surface area contributed by atoms with Crippen molar-refractivity contribution in [1.29, 1.82) is 0 Å². The van der Waals surface area contributed by atoms with Crippen molar-refractivity contribution in [2.24, 2.45) is 5.73 Å². The number of amides is 2. The molecule has 8 N–H and O–H groups in total. The number of nitrogens with two attached hydrogens (primary N) is 2. The number of sulfonamides is 2. The molecule has 21 nitrogen and oxygen atoms in total. The number of benzene rings is 5. The maximum absolute atomic E-state index is 15.9. The molecule has 65 heavy (non-hydrogen) atoms. The Kier molecular flexibility index (Phi) is 13.3. The lowest BCUT2D eigenvalue weighted by Crippen LogP contribution is -2.50. The van der Waals surface area contributed by atoms with Crippen molar-refractivity contribution in [3.05, 3.63) is 120 Å². The molecule has 338 valence electrons. The van der Waals surface area contributed by atoms with Gasteiger partial charge in [-0.05, 0) is 76.0 Å². The van der Waals surface area contributed by atoms with Crippen LogP contribution in [0.3, 0.4) is 0 Å². The van der Waals surface area contributed by atoms with E-state index in [4.69, 9.17) is 25.7 Å². The molecule has 7 rings (SSSR count). The van der Waals surface area contributed by atoms with Gasteiger partial charge in [-0.2, -0.15) is 9.10 Å². The number of carbonyl (C=O) groups excluding carboxylic acids is 1. The van der Waals surface area contributed by atoms with Gasteiger partial charge < -0.3 is 41.1 Å². The maximum Gasteiger partial charge on any atom is 0.405 e. The number of H-pyrrole nitrogens is 1. The van der Waals surface area contributed by atoms with E-state index in [0.29, 0.717) is 45.0 Å². The lowest BCUT2D eigenvalue weighted by Gasteiger charge is -2.26. The topological polar surface area (TPSA) is 302 Å². The largest absolute Gasteiger partial charge is 0.497 e. The summed E-state index contributed by atoms with van der Waals surface area (Å²) < 4.78 is 80.5. The van der Waals surface area contributed by atoms with Gasteiger partial charge in [-0.25, -0.2) is 31.3 Å². The van der Waals surface area contributed by atoms with E-state index in [1.807, 2.05) is 5.32 Å². The van der Waals surface area contributed by atoms with E-state index in [1.165, 1.54) is 32.2 Å². The normalized spacial score (nSPS) is 12.2. The van der Waals surface area contributed by atoms with E-state index in [9.17, 15) is 23.1 Å². The van der Waals surface area contributed by atoms with Crippen molar-refractivity contribution in [1.82, 2.24) is 44.5 Å². The van der Waals surface area contributed by atoms with E-state index in [-0.39, 0.29) is 42.5 Å². The number of aromatic nitrogens is 6. The number of methoxy groups -OCH3 is 3. The van der Waals surface area contributed by atoms with Gasteiger partial charge in [-0.1, -0.05) is 54.6 Å². The van der Waals surface area contributed by atoms with Crippen molar-refractivity contribution in [3.63, 3.8) is 0 Å². The molecule has 7 aromatic rings. The number of carboxylic acid groups (broad SMARTS) is 1. The molecule has 0 saturated heterocycles. The van der Waals surface area contributed by atoms with Crippen LogP contribution in [-0.4, -0.2) is 102 Å². The van der Waals surface area contributed by atoms with E-state index in [0.717, 1.165) is 15.9 Å². The van der Waals surface area contributed by atoms with Crippen LogP contribution in [0, 0.1) is 0 Å². The minimum Gasteiger partial charge on any atom is -0.497 e. The zero-order chi connectivity index (χ0) is 46.5. The first kappa shape index (κ1) is 45.4. The Bertz CT molecular complexity index is 3020. The molecule has 2 heterocycles. The molecule has 5 aromatic carbocycles. The van der Waals surface area contributed by atoms with Gasteiger partial charge in [0.2, 0.25) is 31.8 Å². The molecule has 0 aliphatic carbocycles. The molecule has 1 atom stereocenters. The first-order valence-electron chi connectivity index (χ1n) is 19.5. The number of hydrogen-bond acceptors (Lipinski definition) is 14. The number of anilines is 1. The smallest absolute Gasteiger partial charge is 0.405 e. The summed E-state index contributed by atoms with van der Waals surface area (Å²) in [4.78, 5) is 30.8. The van der Waals surface area contributed by atoms with Crippen LogP contribution in [0.25, 0.3) is 33.5 Å². The van der Waals surface area contributed by atoms with E-state index >= 15 is 8.42 Å². The average Bonchev–Trinajstić information content (AvgIpc) is 3.93. The third-order valence-corrected chi connectivity index (χ3v) is 13.6. The number of rotatable bonds is 19. The summed E-state index contributed by atoms with van der Waals surface area (Å²) in [5, 5.41) is 24.4. The molecular weight excluding hydrogens is 883 g/mol. The second kappa shape index (κ2) is 19.0. The fourth-order valence-electron chi connectivity index (χ4n) is 6.92. The summed E-state index contributed by atoms with van der Waals surface area (Å²) in [6.07, 6.45) is -1.66. The predicted molar refractivity (Wildman–Crippen MR) is 237 cm³/mol. The van der Waals surface area contributed by atoms with Crippen LogP contribution < -0.4 is 35.7 Å². The minimum atomic E-state index is -5.06. The van der Waals surface area contributed by atoms with Crippen molar-refractivity contribution < 1.29 is 45.7 Å². The molecule has 2 aromatic heterocycles. The Balaban J connectivity index is 1.51. The highest BCUT2D eigenvalue weighted by atomic mass is 32.2. The first-order valence-corrected chi connectivity index (χ1v) is 22.4. The molecule has 2 amide bonds. The number of nitrogen functional groups attached to an aromatic ring is 1. The summed E-state index contributed by atoms with van der Waals surface area (Å²) in [6.45, 7) is -1.40. The van der Waals surface area contributed by atoms with Crippen LogP contribution in [0.1, 0.15) is 16.7 Å². The van der Waals surface area contributed by atoms with Crippen molar-refractivity contribution in [3.8, 4) is 39.8 Å². The van der Waals surface area contributed by atoms with E-state index in [2.05, 4.69) is 30.1 Å². The van der Waals surface area contributed by atoms with Gasteiger partial charge in [-0.3, -0.25) is 4.79 Å². The van der Waals surface area contributed by atoms with Crippen LogP contribution in [-0.2, 0) is 44.5 Å². The van der Waals surface area contributed by atoms with Gasteiger partial charge in [0, 0.05) is 25.2 Å². The average molecular weight is 926 g/mol. The molecule has 1 unspecified atom stereocenters. The molecule has 0 aliphatic rings. The number of nitrogens with one attached hydrogen (secondary N) is 3. The molecule has 23 heteroatoms. The quantitative estimate of drug-likeness (QED) is 0.0678. The third-order valence-electron chi connectivity index (χ3n) is 10.1. The number of hydrogen-bond donors (Lipinski definition) is 6. The van der Waals surface area contributed by atoms with Gasteiger partial charge in [0.25, 0.3) is 0 Å². The molecular formula is C42H43N11O10S2. The van der Waals surface area contributed by atoms with Crippen LogP contribution in [0.5, 0.6) is 17.2 Å². The number of nitrogens with zero attached hydrogens (tertiary/aromatic N) is 6. The summed E-state index contributed by atoms with van der Waals surface area (Å²) >= 11 is 0. The Morgan fingerprint density at radius 2 is 1.37 bits per heavy atom. The number of imidazole rings is 1. The van der Waals surface area contributed by atoms with Crippen LogP contribution in [0.2, 0.25) is 0 Å². The molecule has 0 fully saturated rings. The van der Waals surface area contributed by atoms with Crippen LogP contribution in [0.4, 0.5) is 10.7 Å². The monoisotopic (exact) mass is 925 g/mol. The zero-order valence-electron chi connectivity index (χ0n) is 35.0. The fraction of sp³-hybridized carbons (Fsp3) is 0.190. The van der Waals surface area contributed by atoms with Crippen molar-refractivity contribution in [2.45, 2.75) is 35.5 Å². The summed E-state index contributed by atoms with van der Waals surface area (Å²) in [6, 6.07) is 26.0. The predicted octanol–water partition coefficient (Wildman–Crippen LogP) is 3.33. The van der Waals surface area contributed by atoms with Crippen molar-refractivity contribution in [2.75, 3.05) is 33.6 Å². The Morgan fingerprint density at radius 3 is 1.91 bits per heavy atom. The molecule has 0 saturated carbocycles. The van der Waals surface area contributed by atoms with Gasteiger partial charge in [-0.15, -0.1) is 10.2 Å². The molecule has 0 bridgehead atoms. The fourth-order valence-corrected chi connectivity index (χ4v) is 10.4. The summed E-state index contributed by atoms with van der Waals surface area (Å²) in [5.41, 5.74) is 14.2. The first-order chi connectivity index (χ1) is 31.1. The zero-order valence-corrected chi connectivity index (χ0v) is 36.6. The molecule has 0 aliphatic heterocycles. The number of tetrazole rings is 1. The Hall–Kier alpha value is -7.60.